The standard InChI is InChI=1S/C25H20ClNO2/c1-28-22-12-10-21(11-13-22)27-16-18-9-14-25(24(26)15-18)29-17-20-7-4-6-19-5-2-3-8-23(19)20/h2-16H,17H2,1H3. The maximum atomic E-state index is 6.43. The Kier molecular flexibility index (Phi) is 5.78. The van der Waals surface area contributed by atoms with Gasteiger partial charge in [0.25, 0.3) is 0 Å². The van der Waals surface area contributed by atoms with E-state index in [1.54, 1.807) is 13.3 Å². The number of hydrogen-bond acceptors (Lipinski definition) is 3. The minimum atomic E-state index is 0.459. The molecule has 0 aromatic heterocycles. The molecule has 0 unspecified atom stereocenters. The van der Waals surface area contributed by atoms with Gasteiger partial charge in [0.1, 0.15) is 18.1 Å². The summed E-state index contributed by atoms with van der Waals surface area (Å²) in [6.07, 6.45) is 1.78. The zero-order chi connectivity index (χ0) is 20.1. The lowest BCUT2D eigenvalue weighted by molar-refractivity contribution is 0.308. The minimum absolute atomic E-state index is 0.459. The molecule has 0 heterocycles. The fraction of sp³-hybridized carbons (Fsp3) is 0.0800. The first kappa shape index (κ1) is 19.0. The minimum Gasteiger partial charge on any atom is -0.497 e. The highest BCUT2D eigenvalue weighted by molar-refractivity contribution is 6.32. The lowest BCUT2D eigenvalue weighted by Crippen LogP contribution is -1.97. The van der Waals surface area contributed by atoms with Crippen molar-refractivity contribution < 1.29 is 9.47 Å². The summed E-state index contributed by atoms with van der Waals surface area (Å²) >= 11 is 6.43. The first-order valence-corrected chi connectivity index (χ1v) is 9.68. The van der Waals surface area contributed by atoms with Crippen LogP contribution >= 0.6 is 11.6 Å². The second-order valence-corrected chi connectivity index (χ2v) is 6.98. The van der Waals surface area contributed by atoms with Crippen molar-refractivity contribution in [1.29, 1.82) is 0 Å². The van der Waals surface area contributed by atoms with E-state index in [0.29, 0.717) is 17.4 Å². The van der Waals surface area contributed by atoms with E-state index in [1.165, 1.54) is 10.8 Å². The van der Waals surface area contributed by atoms with Gasteiger partial charge in [0.05, 0.1) is 17.8 Å². The van der Waals surface area contributed by atoms with Crippen LogP contribution in [0, 0.1) is 0 Å². The topological polar surface area (TPSA) is 30.8 Å². The van der Waals surface area contributed by atoms with Crippen LogP contribution in [0.3, 0.4) is 0 Å². The molecule has 3 nitrogen and oxygen atoms in total. The Hall–Kier alpha value is -3.30. The highest BCUT2D eigenvalue weighted by atomic mass is 35.5. The van der Waals surface area contributed by atoms with Crippen molar-refractivity contribution in [1.82, 2.24) is 0 Å². The third-order valence-corrected chi connectivity index (χ3v) is 4.95. The van der Waals surface area contributed by atoms with E-state index in [9.17, 15) is 0 Å². The quantitative estimate of drug-likeness (QED) is 0.331. The van der Waals surface area contributed by atoms with Gasteiger partial charge in [0, 0.05) is 6.21 Å². The molecular formula is C25H20ClNO2. The zero-order valence-electron chi connectivity index (χ0n) is 16.0. The molecule has 0 spiro atoms. The first-order valence-electron chi connectivity index (χ1n) is 9.30. The number of nitrogens with zero attached hydrogens (tertiary/aromatic N) is 1. The second kappa shape index (κ2) is 8.80. The van der Waals surface area contributed by atoms with Crippen molar-refractivity contribution >= 4 is 34.3 Å². The Labute approximate surface area is 175 Å². The second-order valence-electron chi connectivity index (χ2n) is 6.57. The van der Waals surface area contributed by atoms with Gasteiger partial charge in [-0.2, -0.15) is 0 Å². The molecule has 4 aromatic rings. The van der Waals surface area contributed by atoms with Gasteiger partial charge in [0.15, 0.2) is 0 Å². The molecule has 0 aliphatic rings. The molecule has 0 amide bonds. The van der Waals surface area contributed by atoms with Crippen molar-refractivity contribution in [3.05, 3.63) is 101 Å². The molecule has 144 valence electrons. The summed E-state index contributed by atoms with van der Waals surface area (Å²) < 4.78 is 11.1. The Morgan fingerprint density at radius 3 is 2.48 bits per heavy atom. The van der Waals surface area contributed by atoms with Crippen molar-refractivity contribution in [2.24, 2.45) is 4.99 Å². The van der Waals surface area contributed by atoms with Crippen LogP contribution in [0.25, 0.3) is 10.8 Å². The van der Waals surface area contributed by atoms with Gasteiger partial charge < -0.3 is 9.47 Å². The molecule has 4 aromatic carbocycles. The monoisotopic (exact) mass is 401 g/mol. The lowest BCUT2D eigenvalue weighted by atomic mass is 10.1. The van der Waals surface area contributed by atoms with Crippen molar-refractivity contribution in [3.63, 3.8) is 0 Å². The van der Waals surface area contributed by atoms with Crippen molar-refractivity contribution in [2.45, 2.75) is 6.61 Å². The van der Waals surface area contributed by atoms with Crippen LogP contribution in [-0.2, 0) is 6.61 Å². The van der Waals surface area contributed by atoms with Gasteiger partial charge in [-0.25, -0.2) is 0 Å². The summed E-state index contributed by atoms with van der Waals surface area (Å²) in [5, 5.41) is 2.95. The number of aliphatic imine (C=N–C) groups is 1. The van der Waals surface area contributed by atoms with Crippen LogP contribution in [-0.4, -0.2) is 13.3 Å². The number of ether oxygens (including phenoxy) is 2. The van der Waals surface area contributed by atoms with E-state index in [2.05, 4.69) is 29.3 Å². The first-order chi connectivity index (χ1) is 14.2. The van der Waals surface area contributed by atoms with Crippen LogP contribution < -0.4 is 9.47 Å². The molecule has 0 radical (unpaired) electrons. The molecule has 29 heavy (non-hydrogen) atoms. The third-order valence-electron chi connectivity index (χ3n) is 4.65. The highest BCUT2D eigenvalue weighted by Gasteiger charge is 2.05. The molecular weight excluding hydrogens is 382 g/mol. The van der Waals surface area contributed by atoms with E-state index in [1.807, 2.05) is 60.7 Å². The molecule has 0 fully saturated rings. The van der Waals surface area contributed by atoms with Crippen molar-refractivity contribution in [2.75, 3.05) is 7.11 Å². The molecule has 0 saturated carbocycles. The van der Waals surface area contributed by atoms with Crippen LogP contribution in [0.4, 0.5) is 5.69 Å². The van der Waals surface area contributed by atoms with Crippen LogP contribution in [0.1, 0.15) is 11.1 Å². The normalized spacial score (nSPS) is 11.1. The number of halogens is 1. The number of methoxy groups -OCH3 is 1. The lowest BCUT2D eigenvalue weighted by Gasteiger charge is -2.11. The van der Waals surface area contributed by atoms with Gasteiger partial charge >= 0.3 is 0 Å². The predicted octanol–water partition coefficient (Wildman–Crippen LogP) is 6.83. The molecule has 0 N–H and O–H groups in total. The summed E-state index contributed by atoms with van der Waals surface area (Å²) in [6.45, 7) is 0.459. The molecule has 4 heteroatoms. The van der Waals surface area contributed by atoms with Gasteiger partial charge in [0.2, 0.25) is 0 Å². The Bertz CT molecular complexity index is 1150. The summed E-state index contributed by atoms with van der Waals surface area (Å²) in [6, 6.07) is 27.7. The summed E-state index contributed by atoms with van der Waals surface area (Å²) in [4.78, 5) is 4.47. The molecule has 0 aliphatic heterocycles. The Morgan fingerprint density at radius 2 is 1.69 bits per heavy atom. The van der Waals surface area contributed by atoms with Gasteiger partial charge in [-0.1, -0.05) is 54.1 Å². The van der Waals surface area contributed by atoms with E-state index < -0.39 is 0 Å². The van der Waals surface area contributed by atoms with E-state index in [-0.39, 0.29) is 0 Å². The molecule has 0 saturated heterocycles. The zero-order valence-corrected chi connectivity index (χ0v) is 16.8. The smallest absolute Gasteiger partial charge is 0.138 e. The average Bonchev–Trinajstić information content (AvgIpc) is 2.77. The van der Waals surface area contributed by atoms with Crippen LogP contribution in [0.2, 0.25) is 5.02 Å². The van der Waals surface area contributed by atoms with E-state index >= 15 is 0 Å². The van der Waals surface area contributed by atoms with Gasteiger partial charge in [-0.3, -0.25) is 4.99 Å². The predicted molar refractivity (Wildman–Crippen MR) is 120 cm³/mol. The van der Waals surface area contributed by atoms with E-state index in [0.717, 1.165) is 22.6 Å². The molecule has 0 atom stereocenters. The number of benzene rings is 4. The maximum Gasteiger partial charge on any atom is 0.138 e. The number of fused-ring (bicyclic) bond motifs is 1. The van der Waals surface area contributed by atoms with Crippen LogP contribution in [0.15, 0.2) is 89.9 Å². The summed E-state index contributed by atoms with van der Waals surface area (Å²) in [7, 11) is 1.64. The Balaban J connectivity index is 1.46. The highest BCUT2D eigenvalue weighted by Crippen LogP contribution is 2.27. The van der Waals surface area contributed by atoms with Crippen molar-refractivity contribution in [3.8, 4) is 11.5 Å². The fourth-order valence-corrected chi connectivity index (χ4v) is 3.35. The molecule has 0 bridgehead atoms. The Morgan fingerprint density at radius 1 is 0.897 bits per heavy atom. The van der Waals surface area contributed by atoms with Gasteiger partial charge in [-0.05, 0) is 64.4 Å². The van der Waals surface area contributed by atoms with Crippen LogP contribution in [0.5, 0.6) is 11.5 Å². The third kappa shape index (κ3) is 4.58. The van der Waals surface area contributed by atoms with E-state index in [4.69, 9.17) is 21.1 Å². The number of hydrogen-bond donors (Lipinski definition) is 0. The number of rotatable bonds is 6. The fourth-order valence-electron chi connectivity index (χ4n) is 3.11. The SMILES string of the molecule is COc1ccc(N=Cc2ccc(OCc3cccc4ccccc34)c(Cl)c2)cc1. The molecule has 0 aliphatic carbocycles. The molecule has 4 rings (SSSR count). The summed E-state index contributed by atoms with van der Waals surface area (Å²) in [5.74, 6) is 1.46. The largest absolute Gasteiger partial charge is 0.497 e. The van der Waals surface area contributed by atoms with Gasteiger partial charge in [-0.15, -0.1) is 0 Å². The summed E-state index contributed by atoms with van der Waals surface area (Å²) in [5.41, 5.74) is 2.88. The maximum absolute atomic E-state index is 6.43. The average molecular weight is 402 g/mol.